The van der Waals surface area contributed by atoms with Crippen molar-refractivity contribution in [2.24, 2.45) is 11.8 Å². The van der Waals surface area contributed by atoms with Gasteiger partial charge in [0.05, 0.1) is 0 Å². The Balaban J connectivity index is 2.04. The minimum atomic E-state index is -0.130. The van der Waals surface area contributed by atoms with Gasteiger partial charge in [-0.25, -0.2) is 4.39 Å². The molecule has 1 saturated carbocycles. The summed E-state index contributed by atoms with van der Waals surface area (Å²) < 4.78 is 14.2. The average Bonchev–Trinajstić information content (AvgIpc) is 2.42. The summed E-state index contributed by atoms with van der Waals surface area (Å²) in [6.45, 7) is 3.89. The highest BCUT2D eigenvalue weighted by atomic mass is 19.1. The van der Waals surface area contributed by atoms with E-state index >= 15 is 0 Å². The molecule has 1 aromatic carbocycles. The van der Waals surface area contributed by atoms with Gasteiger partial charge in [-0.1, -0.05) is 38.2 Å². The topological polar surface area (TPSA) is 38.0 Å². The summed E-state index contributed by atoms with van der Waals surface area (Å²) >= 11 is 0. The van der Waals surface area contributed by atoms with Gasteiger partial charge in [0, 0.05) is 11.6 Å². The second-order valence-electron chi connectivity index (χ2n) is 6.28. The average molecular weight is 278 g/mol. The fraction of sp³-hybridized carbons (Fsp3) is 0.647. The number of hydrogen-bond donors (Lipinski definition) is 2. The molecular weight excluding hydrogens is 251 g/mol. The lowest BCUT2D eigenvalue weighted by Gasteiger charge is -2.25. The first-order valence-electron chi connectivity index (χ1n) is 7.84. The summed E-state index contributed by atoms with van der Waals surface area (Å²) in [6.07, 6.45) is 8.79. The van der Waals surface area contributed by atoms with Gasteiger partial charge in [-0.15, -0.1) is 0 Å². The summed E-state index contributed by atoms with van der Waals surface area (Å²) in [5, 5.41) is 0. The van der Waals surface area contributed by atoms with E-state index < -0.39 is 0 Å². The van der Waals surface area contributed by atoms with E-state index in [2.05, 4.69) is 5.43 Å². The van der Waals surface area contributed by atoms with Gasteiger partial charge < -0.3 is 0 Å². The molecule has 1 atom stereocenters. The van der Waals surface area contributed by atoms with E-state index in [9.17, 15) is 4.39 Å². The normalized spacial score (nSPS) is 18.2. The van der Waals surface area contributed by atoms with Crippen LogP contribution >= 0.6 is 0 Å². The van der Waals surface area contributed by atoms with Crippen LogP contribution in [0.4, 0.5) is 4.39 Å². The van der Waals surface area contributed by atoms with E-state index in [4.69, 9.17) is 5.84 Å². The van der Waals surface area contributed by atoms with Gasteiger partial charge in [-0.05, 0) is 49.8 Å². The van der Waals surface area contributed by atoms with Crippen LogP contribution in [0, 0.1) is 25.6 Å². The molecule has 0 saturated heterocycles. The van der Waals surface area contributed by atoms with Crippen LogP contribution in [0.25, 0.3) is 0 Å². The summed E-state index contributed by atoms with van der Waals surface area (Å²) in [4.78, 5) is 0. The third-order valence-electron chi connectivity index (χ3n) is 4.62. The molecule has 0 spiro atoms. The molecule has 3 heteroatoms. The van der Waals surface area contributed by atoms with E-state index in [-0.39, 0.29) is 11.9 Å². The van der Waals surface area contributed by atoms with E-state index in [1.165, 1.54) is 32.1 Å². The number of hydrazine groups is 1. The molecule has 0 aromatic heterocycles. The maximum atomic E-state index is 14.2. The lowest BCUT2D eigenvalue weighted by Crippen LogP contribution is -2.30. The first kappa shape index (κ1) is 15.5. The van der Waals surface area contributed by atoms with Crippen LogP contribution in [0.15, 0.2) is 12.1 Å². The minimum Gasteiger partial charge on any atom is -0.271 e. The fourth-order valence-electron chi connectivity index (χ4n) is 3.56. The zero-order valence-corrected chi connectivity index (χ0v) is 12.7. The van der Waals surface area contributed by atoms with Gasteiger partial charge in [-0.3, -0.25) is 11.3 Å². The van der Waals surface area contributed by atoms with Gasteiger partial charge >= 0.3 is 0 Å². The van der Waals surface area contributed by atoms with Gasteiger partial charge in [0.15, 0.2) is 0 Å². The predicted molar refractivity (Wildman–Crippen MR) is 81.7 cm³/mol. The molecule has 2 nitrogen and oxygen atoms in total. The van der Waals surface area contributed by atoms with Gasteiger partial charge in [0.2, 0.25) is 0 Å². The van der Waals surface area contributed by atoms with Gasteiger partial charge in [-0.2, -0.15) is 0 Å². The molecule has 0 amide bonds. The van der Waals surface area contributed by atoms with Crippen molar-refractivity contribution in [2.75, 3.05) is 0 Å². The fourth-order valence-corrected chi connectivity index (χ4v) is 3.56. The maximum Gasteiger partial charge on any atom is 0.128 e. The molecule has 1 unspecified atom stereocenters. The zero-order chi connectivity index (χ0) is 14.5. The van der Waals surface area contributed by atoms with Crippen LogP contribution < -0.4 is 11.3 Å². The molecule has 0 heterocycles. The van der Waals surface area contributed by atoms with Crippen molar-refractivity contribution in [3.05, 3.63) is 34.6 Å². The summed E-state index contributed by atoms with van der Waals surface area (Å²) in [7, 11) is 0. The lowest BCUT2D eigenvalue weighted by atomic mass is 9.84. The molecule has 1 aromatic rings. The van der Waals surface area contributed by atoms with Crippen LogP contribution in [-0.2, 0) is 0 Å². The SMILES string of the molecule is Cc1cc(C)c(C(CCC2CCCCC2)NN)c(F)c1. The molecule has 3 N–H and O–H groups in total. The third-order valence-corrected chi connectivity index (χ3v) is 4.62. The second-order valence-corrected chi connectivity index (χ2v) is 6.28. The summed E-state index contributed by atoms with van der Waals surface area (Å²) in [5.74, 6) is 6.35. The van der Waals surface area contributed by atoms with Crippen molar-refractivity contribution in [3.8, 4) is 0 Å². The number of benzene rings is 1. The Morgan fingerprint density at radius 3 is 2.55 bits per heavy atom. The van der Waals surface area contributed by atoms with Crippen LogP contribution in [-0.4, -0.2) is 0 Å². The van der Waals surface area contributed by atoms with Crippen LogP contribution in [0.3, 0.4) is 0 Å². The number of rotatable bonds is 5. The van der Waals surface area contributed by atoms with Gasteiger partial charge in [0.1, 0.15) is 5.82 Å². The molecule has 1 fully saturated rings. The molecule has 1 aliphatic rings. The molecular formula is C17H27FN2. The number of halogens is 1. The molecule has 112 valence electrons. The Morgan fingerprint density at radius 2 is 1.95 bits per heavy atom. The number of hydrogen-bond acceptors (Lipinski definition) is 2. The minimum absolute atomic E-state index is 0.0717. The molecule has 1 aliphatic carbocycles. The van der Waals surface area contributed by atoms with E-state index in [1.807, 2.05) is 19.9 Å². The van der Waals surface area contributed by atoms with Crippen LogP contribution in [0.5, 0.6) is 0 Å². The Bertz CT molecular complexity index is 416. The monoisotopic (exact) mass is 278 g/mol. The maximum absolute atomic E-state index is 14.2. The van der Waals surface area contributed by atoms with Crippen LogP contribution in [0.2, 0.25) is 0 Å². The predicted octanol–water partition coefficient (Wildman–Crippen LogP) is 4.31. The molecule has 0 bridgehead atoms. The van der Waals surface area contributed by atoms with Crippen LogP contribution in [0.1, 0.15) is 67.7 Å². The Labute approximate surface area is 121 Å². The summed E-state index contributed by atoms with van der Waals surface area (Å²) in [5.41, 5.74) is 5.52. The number of aryl methyl sites for hydroxylation is 2. The van der Waals surface area contributed by atoms with Crippen molar-refractivity contribution in [1.82, 2.24) is 5.43 Å². The standard InChI is InChI=1S/C17H27FN2/c1-12-10-13(2)17(15(18)11-12)16(20-19)9-8-14-6-4-3-5-7-14/h10-11,14,16,20H,3-9,19H2,1-2H3. The molecule has 0 aliphatic heterocycles. The Hall–Kier alpha value is -0.930. The van der Waals surface area contributed by atoms with Crippen molar-refractivity contribution >= 4 is 0 Å². The highest BCUT2D eigenvalue weighted by Gasteiger charge is 2.20. The third kappa shape index (κ3) is 3.80. The summed E-state index contributed by atoms with van der Waals surface area (Å²) in [6, 6.07) is 3.56. The second kappa shape index (κ2) is 7.19. The van der Waals surface area contributed by atoms with E-state index in [1.54, 1.807) is 6.07 Å². The molecule has 2 rings (SSSR count). The highest BCUT2D eigenvalue weighted by Crippen LogP contribution is 2.32. The quantitative estimate of drug-likeness (QED) is 0.622. The molecule has 0 radical (unpaired) electrons. The lowest BCUT2D eigenvalue weighted by molar-refractivity contribution is 0.313. The van der Waals surface area contributed by atoms with Crippen molar-refractivity contribution in [2.45, 2.75) is 64.8 Å². The molecule has 20 heavy (non-hydrogen) atoms. The number of nitrogens with two attached hydrogens (primary N) is 1. The van der Waals surface area contributed by atoms with E-state index in [0.717, 1.165) is 35.4 Å². The van der Waals surface area contributed by atoms with Crippen molar-refractivity contribution in [1.29, 1.82) is 0 Å². The van der Waals surface area contributed by atoms with E-state index in [0.29, 0.717) is 0 Å². The first-order valence-corrected chi connectivity index (χ1v) is 7.84. The Morgan fingerprint density at radius 1 is 1.25 bits per heavy atom. The number of nitrogens with one attached hydrogen (secondary N) is 1. The van der Waals surface area contributed by atoms with Crippen molar-refractivity contribution < 1.29 is 4.39 Å². The van der Waals surface area contributed by atoms with Gasteiger partial charge in [0.25, 0.3) is 0 Å². The largest absolute Gasteiger partial charge is 0.271 e. The Kier molecular flexibility index (Phi) is 5.55. The zero-order valence-electron chi connectivity index (χ0n) is 12.7. The highest BCUT2D eigenvalue weighted by molar-refractivity contribution is 5.34. The van der Waals surface area contributed by atoms with Crippen molar-refractivity contribution in [3.63, 3.8) is 0 Å². The first-order chi connectivity index (χ1) is 9.61. The smallest absolute Gasteiger partial charge is 0.128 e.